The molecule has 1 aliphatic carbocycles. The van der Waals surface area contributed by atoms with Gasteiger partial charge in [0, 0.05) is 19.0 Å². The molecular weight excluding hydrogens is 260 g/mol. The summed E-state index contributed by atoms with van der Waals surface area (Å²) in [5, 5.41) is 6.16. The van der Waals surface area contributed by atoms with Gasteiger partial charge in [0.15, 0.2) is 0 Å². The number of amides is 1. The van der Waals surface area contributed by atoms with Crippen LogP contribution in [0.25, 0.3) is 0 Å². The van der Waals surface area contributed by atoms with E-state index < -0.39 is 0 Å². The van der Waals surface area contributed by atoms with E-state index in [4.69, 9.17) is 0 Å². The van der Waals surface area contributed by atoms with Gasteiger partial charge in [-0.25, -0.2) is 0 Å². The molecule has 2 N–H and O–H groups in total. The molecule has 1 fully saturated rings. The molecule has 0 spiro atoms. The smallest absolute Gasteiger partial charge is 0.220 e. The first kappa shape index (κ1) is 16.0. The van der Waals surface area contributed by atoms with Crippen molar-refractivity contribution >= 4 is 5.91 Å². The molecule has 1 aliphatic rings. The first-order valence-corrected chi connectivity index (χ1v) is 8.18. The molecule has 0 saturated heterocycles. The number of hydrogen-bond acceptors (Lipinski definition) is 2. The first-order valence-electron chi connectivity index (χ1n) is 8.18. The molecule has 0 heterocycles. The zero-order chi connectivity index (χ0) is 15.1. The number of carbonyl (C=O) groups is 1. The highest BCUT2D eigenvalue weighted by Crippen LogP contribution is 2.36. The highest BCUT2D eigenvalue weighted by molar-refractivity contribution is 5.76. The van der Waals surface area contributed by atoms with Crippen molar-refractivity contribution in [3.05, 3.63) is 35.9 Å². The fourth-order valence-corrected chi connectivity index (χ4v) is 3.13. The Bertz CT molecular complexity index is 424. The minimum absolute atomic E-state index is 0.209. The largest absolute Gasteiger partial charge is 0.355 e. The lowest BCUT2D eigenvalue weighted by molar-refractivity contribution is -0.122. The van der Waals surface area contributed by atoms with Crippen LogP contribution in [0.1, 0.15) is 50.5 Å². The predicted molar refractivity (Wildman–Crippen MR) is 87.3 cm³/mol. The minimum atomic E-state index is 0.209. The zero-order valence-corrected chi connectivity index (χ0v) is 13.3. The van der Waals surface area contributed by atoms with Crippen molar-refractivity contribution in [1.82, 2.24) is 10.6 Å². The molecule has 1 amide bonds. The van der Waals surface area contributed by atoms with Crippen LogP contribution in [0.3, 0.4) is 0 Å². The van der Waals surface area contributed by atoms with Crippen LogP contribution >= 0.6 is 0 Å². The molecule has 3 heteroatoms. The fourth-order valence-electron chi connectivity index (χ4n) is 3.13. The molecule has 1 aromatic carbocycles. The summed E-state index contributed by atoms with van der Waals surface area (Å²) in [4.78, 5) is 11.9. The maximum Gasteiger partial charge on any atom is 0.220 e. The normalized spacial score (nSPS) is 23.5. The van der Waals surface area contributed by atoms with E-state index in [9.17, 15) is 4.79 Å². The molecule has 0 radical (unpaired) electrons. The second kappa shape index (κ2) is 8.18. The standard InChI is InChI=1S/C18H28N2O/c1-14(19-2)13-20-18(21)12-15-8-10-17(11-9-15)16-6-4-3-5-7-16/h3-7,14-15,17,19H,8-13H2,1-2H3,(H,20,21). The predicted octanol–water partition coefficient (Wildman–Crippen LogP) is 3.07. The van der Waals surface area contributed by atoms with Gasteiger partial charge in [0.1, 0.15) is 0 Å². The van der Waals surface area contributed by atoms with E-state index in [1.807, 2.05) is 7.05 Å². The van der Waals surface area contributed by atoms with Crippen LogP contribution in [0.2, 0.25) is 0 Å². The molecule has 0 bridgehead atoms. The van der Waals surface area contributed by atoms with Gasteiger partial charge in [0.05, 0.1) is 0 Å². The van der Waals surface area contributed by atoms with E-state index in [0.29, 0.717) is 30.8 Å². The lowest BCUT2D eigenvalue weighted by Crippen LogP contribution is -2.37. The fraction of sp³-hybridized carbons (Fsp3) is 0.611. The van der Waals surface area contributed by atoms with Gasteiger partial charge in [-0.05, 0) is 57.1 Å². The molecule has 21 heavy (non-hydrogen) atoms. The van der Waals surface area contributed by atoms with Gasteiger partial charge in [-0.15, -0.1) is 0 Å². The zero-order valence-electron chi connectivity index (χ0n) is 13.3. The van der Waals surface area contributed by atoms with E-state index in [1.54, 1.807) is 0 Å². The van der Waals surface area contributed by atoms with Crippen LogP contribution in [-0.2, 0) is 4.79 Å². The molecular formula is C18H28N2O. The average Bonchev–Trinajstić information content (AvgIpc) is 2.54. The highest BCUT2D eigenvalue weighted by atomic mass is 16.1. The molecule has 0 aromatic heterocycles. The van der Waals surface area contributed by atoms with E-state index in [0.717, 1.165) is 0 Å². The number of benzene rings is 1. The third-order valence-corrected chi connectivity index (χ3v) is 4.69. The Morgan fingerprint density at radius 1 is 1.19 bits per heavy atom. The van der Waals surface area contributed by atoms with E-state index in [-0.39, 0.29) is 5.91 Å². The molecule has 1 unspecified atom stereocenters. The summed E-state index contributed by atoms with van der Waals surface area (Å²) in [5.74, 6) is 1.46. The Morgan fingerprint density at radius 3 is 2.48 bits per heavy atom. The summed E-state index contributed by atoms with van der Waals surface area (Å²) in [7, 11) is 1.92. The molecule has 1 aromatic rings. The Labute approximate surface area is 128 Å². The lowest BCUT2D eigenvalue weighted by Gasteiger charge is -2.28. The average molecular weight is 288 g/mol. The maximum absolute atomic E-state index is 11.9. The Morgan fingerprint density at radius 2 is 1.86 bits per heavy atom. The van der Waals surface area contributed by atoms with Crippen LogP contribution in [0.5, 0.6) is 0 Å². The summed E-state index contributed by atoms with van der Waals surface area (Å²) >= 11 is 0. The summed E-state index contributed by atoms with van der Waals surface area (Å²) in [6.45, 7) is 2.79. The van der Waals surface area contributed by atoms with Crippen LogP contribution in [0.4, 0.5) is 0 Å². The summed E-state index contributed by atoms with van der Waals surface area (Å²) in [6.07, 6.45) is 5.48. The third-order valence-electron chi connectivity index (χ3n) is 4.69. The molecule has 116 valence electrons. The Hall–Kier alpha value is -1.35. The van der Waals surface area contributed by atoms with Gasteiger partial charge in [-0.1, -0.05) is 30.3 Å². The monoisotopic (exact) mass is 288 g/mol. The highest BCUT2D eigenvalue weighted by Gasteiger charge is 2.23. The van der Waals surface area contributed by atoms with E-state index >= 15 is 0 Å². The molecule has 2 rings (SSSR count). The van der Waals surface area contributed by atoms with Crippen molar-refractivity contribution < 1.29 is 4.79 Å². The van der Waals surface area contributed by atoms with Gasteiger partial charge in [-0.2, -0.15) is 0 Å². The van der Waals surface area contributed by atoms with E-state index in [1.165, 1.54) is 31.2 Å². The van der Waals surface area contributed by atoms with Gasteiger partial charge in [-0.3, -0.25) is 4.79 Å². The van der Waals surface area contributed by atoms with Crippen molar-refractivity contribution in [2.75, 3.05) is 13.6 Å². The summed E-state index contributed by atoms with van der Waals surface area (Å²) in [5.41, 5.74) is 1.46. The lowest BCUT2D eigenvalue weighted by atomic mass is 9.77. The Balaban J connectivity index is 1.70. The van der Waals surface area contributed by atoms with Gasteiger partial charge >= 0.3 is 0 Å². The van der Waals surface area contributed by atoms with Crippen molar-refractivity contribution in [1.29, 1.82) is 0 Å². The summed E-state index contributed by atoms with van der Waals surface area (Å²) in [6, 6.07) is 11.1. The second-order valence-corrected chi connectivity index (χ2v) is 6.33. The van der Waals surface area contributed by atoms with Crippen molar-refractivity contribution in [3.8, 4) is 0 Å². The van der Waals surface area contributed by atoms with Crippen molar-refractivity contribution in [2.24, 2.45) is 5.92 Å². The minimum Gasteiger partial charge on any atom is -0.355 e. The third kappa shape index (κ3) is 5.16. The number of carbonyl (C=O) groups excluding carboxylic acids is 1. The Kier molecular flexibility index (Phi) is 6.24. The van der Waals surface area contributed by atoms with Crippen molar-refractivity contribution in [3.63, 3.8) is 0 Å². The molecule has 1 atom stereocenters. The van der Waals surface area contributed by atoms with Gasteiger partial charge < -0.3 is 10.6 Å². The number of hydrogen-bond donors (Lipinski definition) is 2. The quantitative estimate of drug-likeness (QED) is 0.844. The molecule has 3 nitrogen and oxygen atoms in total. The number of nitrogens with one attached hydrogen (secondary N) is 2. The summed E-state index contributed by atoms with van der Waals surface area (Å²) < 4.78 is 0. The van der Waals surface area contributed by atoms with Crippen LogP contribution in [-0.4, -0.2) is 25.5 Å². The maximum atomic E-state index is 11.9. The van der Waals surface area contributed by atoms with E-state index in [2.05, 4.69) is 47.9 Å². The van der Waals surface area contributed by atoms with Crippen LogP contribution in [0.15, 0.2) is 30.3 Å². The number of likely N-dealkylation sites (N-methyl/N-ethyl adjacent to an activating group) is 1. The van der Waals surface area contributed by atoms with Crippen LogP contribution in [0, 0.1) is 5.92 Å². The van der Waals surface area contributed by atoms with Crippen molar-refractivity contribution in [2.45, 2.75) is 51.0 Å². The SMILES string of the molecule is CNC(C)CNC(=O)CC1CCC(c2ccccc2)CC1. The van der Waals surface area contributed by atoms with Gasteiger partial charge in [0.2, 0.25) is 5.91 Å². The molecule has 0 aliphatic heterocycles. The van der Waals surface area contributed by atoms with Crippen LogP contribution < -0.4 is 10.6 Å². The first-order chi connectivity index (χ1) is 10.2. The number of rotatable bonds is 6. The topological polar surface area (TPSA) is 41.1 Å². The molecule has 1 saturated carbocycles. The van der Waals surface area contributed by atoms with Gasteiger partial charge in [0.25, 0.3) is 0 Å². The second-order valence-electron chi connectivity index (χ2n) is 6.33.